The van der Waals surface area contributed by atoms with Crippen LogP contribution < -0.4 is 36.8 Å². The third kappa shape index (κ3) is 20.1. The number of para-hydroxylation sites is 1. The number of carbonyl (C=O) groups excluding carboxylic acids is 10. The number of aliphatic carboxylic acids is 2. The molecule has 1 aromatic rings. The lowest BCUT2D eigenvalue weighted by Gasteiger charge is -2.35. The highest BCUT2D eigenvalue weighted by atomic mass is 27.3. The zero-order chi connectivity index (χ0) is 62.9. The van der Waals surface area contributed by atoms with Crippen molar-refractivity contribution < 1.29 is 93.4 Å². The van der Waals surface area contributed by atoms with Crippen molar-refractivity contribution in [2.75, 3.05) is 103 Å². The quantitative estimate of drug-likeness (QED) is 0.0244. The van der Waals surface area contributed by atoms with E-state index in [2.05, 4.69) is 36.8 Å². The number of rotatable bonds is 26. The van der Waals surface area contributed by atoms with Gasteiger partial charge in [0.05, 0.1) is 38.3 Å². The third-order valence-electron chi connectivity index (χ3n) is 16.4. The number of anilines is 1. The smallest absolute Gasteiger partial charge is 0.558 e. The number of fused-ring (bicyclic) bond motifs is 3. The number of hydrogen-bond donors (Lipinski definition) is 9. The lowest BCUT2D eigenvalue weighted by Crippen LogP contribution is -2.59. The molecule has 2 bridgehead atoms. The number of carboxylic acid groups (broad SMARTS) is 2. The Bertz CT molecular complexity index is 2670. The summed E-state index contributed by atoms with van der Waals surface area (Å²) < 4.78 is 33.9. The van der Waals surface area contributed by atoms with Gasteiger partial charge in [-0.3, -0.25) is 77.1 Å². The molecule has 4 saturated heterocycles. The Morgan fingerprint density at radius 1 is 0.736 bits per heavy atom. The molecule has 6 aliphatic rings. The fourth-order valence-electron chi connectivity index (χ4n) is 11.5. The first-order valence-corrected chi connectivity index (χ1v) is 30.9. The molecule has 6 aliphatic heterocycles. The first-order chi connectivity index (χ1) is 41.5. The molecule has 0 aromatic heterocycles. The molecule has 3 unspecified atom stereocenters. The van der Waals surface area contributed by atoms with Gasteiger partial charge >= 0.3 is 33.2 Å². The number of nitrogens with one attached hydrogen (secondary N) is 6. The zero-order valence-electron chi connectivity index (χ0n) is 48.9. The summed E-state index contributed by atoms with van der Waals surface area (Å²) >= 11 is -3.93. The molecule has 6 heterocycles. The monoisotopic (exact) mass is 1240 g/mol. The van der Waals surface area contributed by atoms with Crippen molar-refractivity contribution in [3.8, 4) is 0 Å². The van der Waals surface area contributed by atoms with Crippen LogP contribution in [0.4, 0.5) is 9.21 Å². The number of benzene rings is 1. The average molecular weight is 1240 g/mol. The van der Waals surface area contributed by atoms with E-state index in [4.69, 9.17) is 17.1 Å². The number of aliphatic hydroxyl groups is 1. The topological polar surface area (TPSA) is 391 Å². The molecule has 0 spiro atoms. The van der Waals surface area contributed by atoms with Crippen molar-refractivity contribution in [3.05, 3.63) is 29.3 Å². The summed E-state index contributed by atoms with van der Waals surface area (Å²) in [4.78, 5) is 165. The number of aryl methyl sites for hydroxylation is 1. The van der Waals surface area contributed by atoms with E-state index in [9.17, 15) is 76.4 Å². The van der Waals surface area contributed by atoms with Crippen LogP contribution in [0, 0.1) is 11.8 Å². The number of nitrogens with zero attached hydrogens (tertiary/aromatic N) is 5. The van der Waals surface area contributed by atoms with Crippen molar-refractivity contribution in [2.45, 2.75) is 127 Å². The number of carbonyl (C=O) groups is 12. The van der Waals surface area contributed by atoms with Gasteiger partial charge in [-0.15, -0.1) is 0 Å². The third-order valence-corrected chi connectivity index (χ3v) is 17.3. The van der Waals surface area contributed by atoms with E-state index in [1.807, 2.05) is 26.8 Å². The van der Waals surface area contributed by atoms with Crippen LogP contribution in [0.2, 0.25) is 0 Å². The first-order valence-electron chi connectivity index (χ1n) is 29.6. The van der Waals surface area contributed by atoms with Gasteiger partial charge in [0.1, 0.15) is 42.9 Å². The Hall–Kier alpha value is -6.92. The van der Waals surface area contributed by atoms with Gasteiger partial charge in [0, 0.05) is 71.6 Å². The summed E-state index contributed by atoms with van der Waals surface area (Å²) in [5.74, 6) is -9.93. The Kier molecular flexibility index (Phi) is 25.1. The molecule has 0 saturated carbocycles. The number of halogens is 1. The second-order valence-electron chi connectivity index (χ2n) is 22.8. The molecular formula is C55H79AlFN11O19. The van der Waals surface area contributed by atoms with Gasteiger partial charge in [-0.25, -0.2) is 0 Å². The highest BCUT2D eigenvalue weighted by molar-refractivity contribution is 6.41. The SMILES string of the molecule is CC[C@H](C)[C@H](NC(=O)COCCNC(=O)[C@@H](CCC(=O)O)NC(=O)[C@@H](CCC(=O)O)NC(=O)CN1CCC(CN2CCN3CCN(CC2)CC(=O)[O][Al]([F])[O]C(=O)C3)CC1)C(=O)N[C@H]1CCc2cccc3c2N(C1=O)[C@H](C(=O)N[C@H]1CC(=O)OC1O)C3. The summed E-state index contributed by atoms with van der Waals surface area (Å²) in [6.45, 7) is 6.99. The molecule has 32 heteroatoms. The minimum atomic E-state index is -3.93. The largest absolute Gasteiger partial charge is 1.15 e. The number of ether oxygens (including phenoxy) is 2. The van der Waals surface area contributed by atoms with Crippen molar-refractivity contribution in [1.82, 2.24) is 51.5 Å². The Morgan fingerprint density at radius 3 is 1.97 bits per heavy atom. The fraction of sp³-hybridized carbons (Fsp3) is 0.673. The van der Waals surface area contributed by atoms with Crippen molar-refractivity contribution in [1.29, 1.82) is 0 Å². The molecule has 87 heavy (non-hydrogen) atoms. The molecule has 30 nitrogen and oxygen atoms in total. The van der Waals surface area contributed by atoms with Gasteiger partial charge in [0.15, 0.2) is 0 Å². The van der Waals surface area contributed by atoms with Gasteiger partial charge in [0.2, 0.25) is 47.6 Å². The van der Waals surface area contributed by atoms with Crippen LogP contribution >= 0.6 is 0 Å². The van der Waals surface area contributed by atoms with Crippen LogP contribution in [0.5, 0.6) is 0 Å². The van der Waals surface area contributed by atoms with E-state index in [1.54, 1.807) is 19.9 Å². The van der Waals surface area contributed by atoms with E-state index in [-0.39, 0.29) is 70.8 Å². The second kappa shape index (κ2) is 32.4. The van der Waals surface area contributed by atoms with E-state index >= 15 is 0 Å². The minimum Gasteiger partial charge on any atom is -0.558 e. The second-order valence-corrected chi connectivity index (χ2v) is 23.8. The van der Waals surface area contributed by atoms with E-state index in [1.165, 1.54) is 4.90 Å². The number of likely N-dealkylation sites (tertiary alicyclic amines) is 1. The number of piperidine rings is 1. The normalized spacial score (nSPS) is 24.3. The predicted molar refractivity (Wildman–Crippen MR) is 301 cm³/mol. The molecule has 478 valence electrons. The molecule has 1 aromatic carbocycles. The first kappa shape index (κ1) is 67.6. The maximum absolute atomic E-state index is 14.3. The van der Waals surface area contributed by atoms with Gasteiger partial charge in [-0.05, 0) is 74.6 Å². The van der Waals surface area contributed by atoms with Crippen molar-refractivity contribution >= 4 is 92.2 Å². The van der Waals surface area contributed by atoms with Crippen LogP contribution in [0.25, 0.3) is 0 Å². The molecule has 10 atom stereocenters. The van der Waals surface area contributed by atoms with Crippen LogP contribution in [0.15, 0.2) is 18.2 Å². The van der Waals surface area contributed by atoms with E-state index in [0.29, 0.717) is 90.3 Å². The lowest BCUT2D eigenvalue weighted by atomic mass is 9.96. The zero-order valence-corrected chi connectivity index (χ0v) is 50.0. The highest BCUT2D eigenvalue weighted by Crippen LogP contribution is 2.39. The number of aliphatic hydroxyl groups excluding tert-OH is 1. The number of amides is 7. The predicted octanol–water partition coefficient (Wildman–Crippen LogP) is -3.83. The van der Waals surface area contributed by atoms with Crippen molar-refractivity contribution in [3.63, 3.8) is 0 Å². The fourth-order valence-corrected chi connectivity index (χ4v) is 12.1. The Labute approximate surface area is 506 Å². The van der Waals surface area contributed by atoms with Crippen LogP contribution in [0.3, 0.4) is 0 Å². The number of esters is 1. The number of cyclic esters (lactones) is 1. The average Bonchev–Trinajstić information content (AvgIpc) is 1.79. The van der Waals surface area contributed by atoms with Crippen molar-refractivity contribution in [2.24, 2.45) is 11.8 Å². The summed E-state index contributed by atoms with van der Waals surface area (Å²) in [7, 11) is 0. The molecular weight excluding hydrogens is 1160 g/mol. The summed E-state index contributed by atoms with van der Waals surface area (Å²) in [6, 6.07) is -1.79. The molecule has 0 aliphatic carbocycles. The number of hydrogen-bond acceptors (Lipinski definition) is 21. The Balaban J connectivity index is 0.858. The van der Waals surface area contributed by atoms with Crippen LogP contribution in [0.1, 0.15) is 82.8 Å². The molecule has 7 amide bonds. The van der Waals surface area contributed by atoms with Gasteiger partial charge in [-0.2, -0.15) is 0 Å². The standard InChI is InChI=1S/C55H81N11O19.Al.FH/c1-3-32(2)48(53(81)59-38-8-7-34-5-4-6-35-25-40(66(49(34)35)54(38)82)52(80)60-39-26-47(77)85-55(39)83)61-42(68)31-84-24-15-56-50(78)36(9-11-43(69)70)58-51(79)37(10-12-44(71)72)57-41(67)28-62-16-13-33(14-17-62)27-63-18-20-64(29-45(73)74)22-23-65(21-19-63)30-46(75)76;;/h4-6,32-33,36-40,48,55,83H,3,7-31H2,1-2H3,(H,56,78)(H,57,67)(H,58,79)(H,59,81)(H,60,80)(H,61,68)(H,69,70)(H,71,72)(H,73,74)(H,75,76);;1H/q;+3;/p-3/t32-,36+,37+,38-,39-,40-,48-,55?;;/m0../s1. The number of carboxylic acids is 2. The molecule has 9 N–H and O–H groups in total. The van der Waals surface area contributed by atoms with E-state index < -0.39 is 154 Å². The van der Waals surface area contributed by atoms with Gasteiger partial charge in [-0.1, -0.05) is 38.5 Å². The highest BCUT2D eigenvalue weighted by Gasteiger charge is 2.47. The minimum absolute atomic E-state index is 0.129. The molecule has 4 fully saturated rings. The van der Waals surface area contributed by atoms with E-state index in [0.717, 1.165) is 11.1 Å². The summed E-state index contributed by atoms with van der Waals surface area (Å²) in [5.41, 5.74) is 2.06. The lowest BCUT2D eigenvalue weighted by molar-refractivity contribution is -0.155. The van der Waals surface area contributed by atoms with Crippen LogP contribution in [-0.4, -0.2) is 262 Å². The molecule has 7 rings (SSSR count). The molecule has 0 radical (unpaired) electrons. The van der Waals surface area contributed by atoms with Gasteiger partial charge < -0.3 is 72.7 Å². The Morgan fingerprint density at radius 2 is 1.36 bits per heavy atom. The van der Waals surface area contributed by atoms with Gasteiger partial charge in [0.25, 0.3) is 11.9 Å². The summed E-state index contributed by atoms with van der Waals surface area (Å²) in [5, 5.41) is 44.7. The maximum atomic E-state index is 14.3. The maximum Gasteiger partial charge on any atom is 1.15 e. The van der Waals surface area contributed by atoms with Crippen LogP contribution in [-0.2, 0) is 87.4 Å². The summed E-state index contributed by atoms with van der Waals surface area (Å²) in [6.07, 6.45) is -1.11.